The van der Waals surface area contributed by atoms with E-state index in [1.54, 1.807) is 28.9 Å². The third-order valence-electron chi connectivity index (χ3n) is 3.76. The highest BCUT2D eigenvalue weighted by atomic mass is 16.3. The molecule has 1 N–H and O–H groups in total. The molecule has 0 spiro atoms. The zero-order valence-electron chi connectivity index (χ0n) is 13.8. The van der Waals surface area contributed by atoms with Crippen LogP contribution in [0.15, 0.2) is 24.3 Å². The predicted molar refractivity (Wildman–Crippen MR) is 86.7 cm³/mol. The third-order valence-corrected chi connectivity index (χ3v) is 3.76. The predicted octanol–water partition coefficient (Wildman–Crippen LogP) is 1.23. The van der Waals surface area contributed by atoms with Crippen LogP contribution in [0.25, 0.3) is 0 Å². The van der Waals surface area contributed by atoms with Crippen molar-refractivity contribution in [2.24, 2.45) is 0 Å². The highest BCUT2D eigenvalue weighted by Gasteiger charge is 2.36. The van der Waals surface area contributed by atoms with Crippen LogP contribution < -0.4 is 0 Å². The van der Waals surface area contributed by atoms with Crippen LogP contribution in [0.1, 0.15) is 31.4 Å². The Bertz CT molecular complexity index is 639. The zero-order chi connectivity index (χ0) is 18.1. The number of amides is 2. The van der Waals surface area contributed by atoms with Gasteiger partial charge in [-0.1, -0.05) is 25.1 Å². The van der Waals surface area contributed by atoms with E-state index >= 15 is 0 Å². The summed E-state index contributed by atoms with van der Waals surface area (Å²) in [5.74, 6) is -0.0887. The highest BCUT2D eigenvalue weighted by Crippen LogP contribution is 2.18. The lowest BCUT2D eigenvalue weighted by Crippen LogP contribution is -2.58. The van der Waals surface area contributed by atoms with Gasteiger partial charge in [0.05, 0.1) is 18.2 Å². The van der Waals surface area contributed by atoms with Gasteiger partial charge in [0, 0.05) is 13.1 Å². The normalized spacial score (nSPS) is 17.0. The van der Waals surface area contributed by atoms with Gasteiger partial charge in [0.1, 0.15) is 6.04 Å². The van der Waals surface area contributed by atoms with Crippen LogP contribution in [0, 0.1) is 11.3 Å². The van der Waals surface area contributed by atoms with Gasteiger partial charge < -0.3 is 14.9 Å². The number of carbonyl (C=O) groups excluding carboxylic acids is 2. The van der Waals surface area contributed by atoms with Gasteiger partial charge in [0.15, 0.2) is 0 Å². The van der Waals surface area contributed by atoms with Crippen molar-refractivity contribution in [2.75, 3.05) is 13.1 Å². The van der Waals surface area contributed by atoms with Gasteiger partial charge in [0.2, 0.25) is 11.8 Å². The molecule has 0 saturated carbocycles. The number of hydrogen-bond donors (Lipinski definition) is 1. The largest absolute Gasteiger partial charge is 0.483 e. The summed E-state index contributed by atoms with van der Waals surface area (Å²) < 4.78 is 0. The fraction of sp³-hybridized carbons (Fsp3) is 0.412. The molecule has 0 radical (unpaired) electrons. The van der Waals surface area contributed by atoms with E-state index in [0.29, 0.717) is 18.7 Å². The number of hydrogen-bond acceptors (Lipinski definition) is 4. The molecule has 1 aliphatic rings. The number of nitrogens with zero attached hydrogens (tertiary/aromatic N) is 3. The van der Waals surface area contributed by atoms with E-state index in [4.69, 9.17) is 15.2 Å². The van der Waals surface area contributed by atoms with E-state index in [1.165, 1.54) is 0 Å². The van der Waals surface area contributed by atoms with Crippen molar-refractivity contribution < 1.29 is 19.5 Å². The van der Waals surface area contributed by atoms with E-state index in [1.807, 2.05) is 19.1 Å². The molecular formula is C17H21N3O4. The molecule has 24 heavy (non-hydrogen) atoms. The van der Waals surface area contributed by atoms with Crippen molar-refractivity contribution in [3.8, 4) is 6.07 Å². The molecule has 7 heteroatoms. The van der Waals surface area contributed by atoms with Crippen LogP contribution in [-0.4, -0.2) is 52.3 Å². The first-order chi connectivity index (χ1) is 11.5. The second-order valence-corrected chi connectivity index (χ2v) is 5.33. The van der Waals surface area contributed by atoms with Crippen LogP contribution in [0.2, 0.25) is 0 Å². The van der Waals surface area contributed by atoms with Gasteiger partial charge >= 0.3 is 0 Å². The molecule has 1 heterocycles. The molecule has 1 fully saturated rings. The topological polar surface area (TPSA) is 102 Å². The minimum atomic E-state index is -0.482. The number of benzene rings is 1. The standard InChI is InChI=1S/C16H19N3O2.CH2O2/c1-3-8-18-11-15(20)19(12(2)16(18)21)10-14-7-5-4-6-13(14)9-17;2-1-3/h4-7,12H,3,8,10-11H2,1-2H3;1H,(H,2,3)/t12-;/m1./s1. The molecule has 0 bridgehead atoms. The van der Waals surface area contributed by atoms with Crippen molar-refractivity contribution in [3.63, 3.8) is 0 Å². The zero-order valence-corrected chi connectivity index (χ0v) is 13.8. The Morgan fingerprint density at radius 1 is 1.38 bits per heavy atom. The number of nitriles is 1. The molecular weight excluding hydrogens is 310 g/mol. The Balaban J connectivity index is 0.000000891. The maximum absolute atomic E-state index is 12.3. The number of piperazine rings is 1. The van der Waals surface area contributed by atoms with Crippen LogP contribution in [0.4, 0.5) is 0 Å². The number of carbonyl (C=O) groups is 3. The molecule has 0 aliphatic carbocycles. The minimum Gasteiger partial charge on any atom is -0.483 e. The SMILES string of the molecule is CCCN1CC(=O)N(Cc2ccccc2C#N)[C@H](C)C1=O.O=CO. The van der Waals surface area contributed by atoms with Crippen LogP contribution in [0.3, 0.4) is 0 Å². The average Bonchev–Trinajstić information content (AvgIpc) is 2.57. The quantitative estimate of drug-likeness (QED) is 0.836. The van der Waals surface area contributed by atoms with Gasteiger partial charge in [-0.3, -0.25) is 14.4 Å². The van der Waals surface area contributed by atoms with E-state index in [2.05, 4.69) is 6.07 Å². The number of carboxylic acid groups (broad SMARTS) is 1. The lowest BCUT2D eigenvalue weighted by atomic mass is 10.1. The molecule has 1 atom stereocenters. The molecule has 1 aromatic rings. The lowest BCUT2D eigenvalue weighted by Gasteiger charge is -2.38. The van der Waals surface area contributed by atoms with Gasteiger partial charge in [0.25, 0.3) is 6.47 Å². The third kappa shape index (κ3) is 4.56. The summed E-state index contributed by atoms with van der Waals surface area (Å²) in [4.78, 5) is 36.1. The molecule has 1 aliphatic heterocycles. The molecule has 0 unspecified atom stereocenters. The highest BCUT2D eigenvalue weighted by molar-refractivity contribution is 5.94. The fourth-order valence-electron chi connectivity index (χ4n) is 2.58. The first kappa shape index (κ1) is 19.2. The summed E-state index contributed by atoms with van der Waals surface area (Å²) in [6.07, 6.45) is 0.836. The summed E-state index contributed by atoms with van der Waals surface area (Å²) in [6, 6.07) is 8.81. The van der Waals surface area contributed by atoms with Crippen molar-refractivity contribution >= 4 is 18.3 Å². The second kappa shape index (κ2) is 9.30. The minimum absolute atomic E-state index is 0.0223. The molecule has 2 rings (SSSR count). The molecule has 1 aromatic carbocycles. The maximum Gasteiger partial charge on any atom is 0.290 e. The smallest absolute Gasteiger partial charge is 0.290 e. The van der Waals surface area contributed by atoms with Gasteiger partial charge in [-0.15, -0.1) is 0 Å². The van der Waals surface area contributed by atoms with Crippen LogP contribution >= 0.6 is 0 Å². The average molecular weight is 331 g/mol. The summed E-state index contributed by atoms with van der Waals surface area (Å²) in [6.45, 7) is 4.52. The summed E-state index contributed by atoms with van der Waals surface area (Å²) in [7, 11) is 0. The van der Waals surface area contributed by atoms with Crippen molar-refractivity contribution in [1.29, 1.82) is 5.26 Å². The van der Waals surface area contributed by atoms with E-state index in [-0.39, 0.29) is 24.8 Å². The monoisotopic (exact) mass is 331 g/mol. The first-order valence-electron chi connectivity index (χ1n) is 7.64. The Morgan fingerprint density at radius 3 is 2.58 bits per heavy atom. The molecule has 2 amide bonds. The maximum atomic E-state index is 12.3. The van der Waals surface area contributed by atoms with Crippen LogP contribution in [-0.2, 0) is 20.9 Å². The van der Waals surface area contributed by atoms with Crippen molar-refractivity contribution in [1.82, 2.24) is 9.80 Å². The van der Waals surface area contributed by atoms with E-state index in [0.717, 1.165) is 12.0 Å². The number of rotatable bonds is 4. The first-order valence-corrected chi connectivity index (χ1v) is 7.64. The van der Waals surface area contributed by atoms with Crippen LogP contribution in [0.5, 0.6) is 0 Å². The van der Waals surface area contributed by atoms with Gasteiger partial charge in [-0.25, -0.2) is 0 Å². The van der Waals surface area contributed by atoms with E-state index in [9.17, 15) is 9.59 Å². The van der Waals surface area contributed by atoms with E-state index < -0.39 is 6.04 Å². The fourth-order valence-corrected chi connectivity index (χ4v) is 2.58. The Hall–Kier alpha value is -2.88. The second-order valence-electron chi connectivity index (χ2n) is 5.33. The molecule has 7 nitrogen and oxygen atoms in total. The molecule has 1 saturated heterocycles. The Morgan fingerprint density at radius 2 is 2.00 bits per heavy atom. The molecule has 0 aromatic heterocycles. The van der Waals surface area contributed by atoms with Crippen molar-refractivity contribution in [2.45, 2.75) is 32.9 Å². The Kier molecular flexibility index (Phi) is 7.43. The van der Waals surface area contributed by atoms with Crippen molar-refractivity contribution in [3.05, 3.63) is 35.4 Å². The van der Waals surface area contributed by atoms with Gasteiger partial charge in [-0.2, -0.15) is 5.26 Å². The summed E-state index contributed by atoms with van der Waals surface area (Å²) >= 11 is 0. The summed E-state index contributed by atoms with van der Waals surface area (Å²) in [5, 5.41) is 16.0. The molecule has 128 valence electrons. The Labute approximate surface area is 141 Å². The summed E-state index contributed by atoms with van der Waals surface area (Å²) in [5.41, 5.74) is 1.32. The lowest BCUT2D eigenvalue weighted by molar-refractivity contribution is -0.155. The van der Waals surface area contributed by atoms with Gasteiger partial charge in [-0.05, 0) is 25.0 Å².